The van der Waals surface area contributed by atoms with Crippen LogP contribution in [-0.4, -0.2) is 238 Å². The Kier molecular flexibility index (Phi) is 23.3. The molecule has 0 aromatic heterocycles. The molecular formula is C69H119N8O15+. The molecule has 0 aromatic carbocycles. The van der Waals surface area contributed by atoms with Gasteiger partial charge in [0.25, 0.3) is 0 Å². The van der Waals surface area contributed by atoms with Crippen molar-refractivity contribution in [2.75, 3.05) is 58.9 Å². The van der Waals surface area contributed by atoms with Crippen molar-refractivity contribution < 1.29 is 76.1 Å². The van der Waals surface area contributed by atoms with Crippen LogP contribution in [0.1, 0.15) is 237 Å². The Labute approximate surface area is 550 Å². The molecule has 524 valence electrons. The van der Waals surface area contributed by atoms with Gasteiger partial charge in [0.15, 0.2) is 13.1 Å². The summed E-state index contributed by atoms with van der Waals surface area (Å²) in [5, 5.41) is 3.23. The number of nitrogens with zero attached hydrogens (tertiary/aromatic N) is 7. The van der Waals surface area contributed by atoms with Crippen molar-refractivity contribution in [3.8, 4) is 0 Å². The van der Waals surface area contributed by atoms with Gasteiger partial charge in [-0.1, -0.05) is 0 Å². The number of hydrogen-bond acceptors (Lipinski definition) is 17. The first-order valence-corrected chi connectivity index (χ1v) is 33.4. The normalized spacial score (nSPS) is 23.5. The van der Waals surface area contributed by atoms with E-state index < -0.39 is 142 Å². The van der Waals surface area contributed by atoms with Gasteiger partial charge < -0.3 is 58.0 Å². The zero-order valence-electron chi connectivity index (χ0n) is 61.1. The number of likely N-dealkylation sites (tertiary alicyclic amines) is 5. The van der Waals surface area contributed by atoms with Gasteiger partial charge in [-0.2, -0.15) is 0 Å². The summed E-state index contributed by atoms with van der Waals surface area (Å²) in [7, 11) is 0. The fraction of sp³-hybridized carbons (Fsp3) is 0.855. The second-order valence-corrected chi connectivity index (χ2v) is 34.0. The standard InChI is InChI=1S/C69H119N8O15/c1-45(78)72-60(6,7)30-50(31-61(72,8)9)88-55(83)40-70-26-28-77(43-58(86)91-53-36-66(18,19)75(48(4)81)67(20,21)37-53,44-59(87)92-54-38-68(22,23)76(49(5)82)69(24,25)39-54)29-27-71(41-56(84)89-51-32-62(10,11)73(46(2)79)63(12,13)33-51)42-57(85)90-52-34-64(14,15)74(47(3)80)65(16,17)35-52/h50-54,70H,26-44H2,1-25H3/q+1. The Morgan fingerprint density at radius 1 is 0.337 bits per heavy atom. The molecular weight excluding hydrogens is 1180 g/mol. The average Bonchev–Trinajstić information content (AvgIpc) is 0.798. The first-order valence-electron chi connectivity index (χ1n) is 33.4. The number of esters is 5. The highest BCUT2D eigenvalue weighted by atomic mass is 16.6. The van der Waals surface area contributed by atoms with Gasteiger partial charge in [0, 0.05) is 167 Å². The van der Waals surface area contributed by atoms with Crippen LogP contribution in [-0.2, 0) is 71.6 Å². The third-order valence-corrected chi connectivity index (χ3v) is 19.9. The molecule has 0 aliphatic carbocycles. The lowest BCUT2D eigenvalue weighted by Gasteiger charge is -2.54. The van der Waals surface area contributed by atoms with Gasteiger partial charge in [-0.3, -0.25) is 43.3 Å². The van der Waals surface area contributed by atoms with Gasteiger partial charge >= 0.3 is 29.8 Å². The van der Waals surface area contributed by atoms with E-state index in [4.69, 9.17) is 23.7 Å². The van der Waals surface area contributed by atoms with Crippen molar-refractivity contribution in [1.82, 2.24) is 34.7 Å². The van der Waals surface area contributed by atoms with Crippen molar-refractivity contribution in [2.24, 2.45) is 0 Å². The molecule has 0 aromatic rings. The molecule has 0 radical (unpaired) electrons. The van der Waals surface area contributed by atoms with Gasteiger partial charge in [-0.15, -0.1) is 0 Å². The van der Waals surface area contributed by atoms with Crippen LogP contribution in [0, 0.1) is 0 Å². The quantitative estimate of drug-likeness (QED) is 0.0514. The molecule has 5 aliphatic rings. The van der Waals surface area contributed by atoms with Gasteiger partial charge in [0.05, 0.1) is 32.7 Å². The number of rotatable bonds is 21. The minimum Gasteiger partial charge on any atom is -0.461 e. The highest BCUT2D eigenvalue weighted by molar-refractivity contribution is 5.79. The smallest absolute Gasteiger partial charge is 0.362 e. The number of quaternary nitrogens is 1. The van der Waals surface area contributed by atoms with Gasteiger partial charge in [0.1, 0.15) is 30.5 Å². The second-order valence-electron chi connectivity index (χ2n) is 34.0. The third kappa shape index (κ3) is 18.9. The number of ether oxygens (including phenoxy) is 5. The molecule has 5 fully saturated rings. The molecule has 0 atom stereocenters. The van der Waals surface area contributed by atoms with E-state index >= 15 is 9.59 Å². The number of hydrogen-bond donors (Lipinski definition) is 1. The molecule has 5 heterocycles. The van der Waals surface area contributed by atoms with E-state index in [2.05, 4.69) is 5.32 Å². The summed E-state index contributed by atoms with van der Waals surface area (Å²) >= 11 is 0. The Morgan fingerprint density at radius 3 is 0.761 bits per heavy atom. The van der Waals surface area contributed by atoms with E-state index in [9.17, 15) is 38.4 Å². The van der Waals surface area contributed by atoms with Crippen molar-refractivity contribution in [3.63, 3.8) is 0 Å². The average molecular weight is 1300 g/mol. The molecule has 0 bridgehead atoms. The highest BCUT2D eigenvalue weighted by Crippen LogP contribution is 2.45. The second kappa shape index (κ2) is 27.7. The predicted octanol–water partition coefficient (Wildman–Crippen LogP) is 7.25. The van der Waals surface area contributed by atoms with Crippen LogP contribution < -0.4 is 5.32 Å². The predicted molar refractivity (Wildman–Crippen MR) is 348 cm³/mol. The summed E-state index contributed by atoms with van der Waals surface area (Å²) in [5.74, 6) is -3.67. The Bertz CT molecular complexity index is 2550. The number of amides is 5. The molecule has 0 unspecified atom stereocenters. The highest BCUT2D eigenvalue weighted by Gasteiger charge is 2.54. The molecule has 0 saturated carbocycles. The number of carbonyl (C=O) groups is 10. The number of nitrogens with one attached hydrogen (secondary N) is 1. The van der Waals surface area contributed by atoms with Crippen molar-refractivity contribution in [1.29, 1.82) is 0 Å². The van der Waals surface area contributed by atoms with Crippen LogP contribution in [0.5, 0.6) is 0 Å². The number of carbonyl (C=O) groups excluding carboxylic acids is 10. The Balaban J connectivity index is 1.56. The fourth-order valence-electron chi connectivity index (χ4n) is 19.2. The SMILES string of the molecule is CC(=O)N1C(C)(C)CC(OC(=O)CNCC[N+](CCN(CC(=O)OC2CC(C)(C)N(C(C)=O)C(C)(C)C2)CC(=O)OC2CC(C)(C)N(C(C)=O)C(C)(C)C2)(CC(=O)OC2CC(C)(C)N(C(C)=O)C(C)(C)C2)CC(=O)OC2CC(C)(C)N(C(C)=O)C(C)(C)C2)CC1(C)C. The van der Waals surface area contributed by atoms with Gasteiger partial charge in [-0.25, -0.2) is 9.59 Å². The lowest BCUT2D eigenvalue weighted by atomic mass is 9.78. The van der Waals surface area contributed by atoms with E-state index in [1.54, 1.807) is 4.90 Å². The van der Waals surface area contributed by atoms with Crippen LogP contribution in [0.4, 0.5) is 0 Å². The van der Waals surface area contributed by atoms with Crippen LogP contribution >= 0.6 is 0 Å². The van der Waals surface area contributed by atoms with Crippen molar-refractivity contribution in [2.45, 2.75) is 323 Å². The summed E-state index contributed by atoms with van der Waals surface area (Å²) < 4.78 is 31.2. The molecule has 0 spiro atoms. The largest absolute Gasteiger partial charge is 0.461 e. The molecule has 5 amide bonds. The van der Waals surface area contributed by atoms with E-state index in [-0.39, 0.29) is 66.7 Å². The summed E-state index contributed by atoms with van der Waals surface area (Å²) in [6.45, 7) is 44.3. The summed E-state index contributed by atoms with van der Waals surface area (Å²) in [5.41, 5.74) is -6.78. The lowest BCUT2D eigenvalue weighted by molar-refractivity contribution is -0.913. The van der Waals surface area contributed by atoms with E-state index in [0.29, 0.717) is 64.2 Å². The maximum absolute atomic E-state index is 15.1. The maximum Gasteiger partial charge on any atom is 0.362 e. The third-order valence-electron chi connectivity index (χ3n) is 19.9. The zero-order chi connectivity index (χ0) is 70.3. The minimum atomic E-state index is -0.710. The molecule has 23 heteroatoms. The van der Waals surface area contributed by atoms with E-state index in [0.717, 1.165) is 0 Å². The van der Waals surface area contributed by atoms with Crippen LogP contribution in [0.15, 0.2) is 0 Å². The minimum absolute atomic E-state index is 0.00852. The van der Waals surface area contributed by atoms with Crippen LogP contribution in [0.3, 0.4) is 0 Å². The molecule has 5 saturated heterocycles. The summed E-state index contributed by atoms with van der Waals surface area (Å²) in [6.07, 6.45) is 0.499. The van der Waals surface area contributed by atoms with Crippen molar-refractivity contribution in [3.05, 3.63) is 0 Å². The monoisotopic (exact) mass is 1300 g/mol. The lowest BCUT2D eigenvalue weighted by Crippen LogP contribution is -2.65. The number of piperidine rings is 5. The molecule has 23 nitrogen and oxygen atoms in total. The van der Waals surface area contributed by atoms with E-state index in [1.165, 1.54) is 34.6 Å². The van der Waals surface area contributed by atoms with E-state index in [1.807, 2.05) is 163 Å². The molecule has 5 rings (SSSR count). The summed E-state index contributed by atoms with van der Waals surface area (Å²) in [6, 6.07) is 0. The maximum atomic E-state index is 15.1. The first-order chi connectivity index (χ1) is 41.6. The Morgan fingerprint density at radius 2 is 0.543 bits per heavy atom. The molecule has 92 heavy (non-hydrogen) atoms. The van der Waals surface area contributed by atoms with Gasteiger partial charge in [0.2, 0.25) is 29.5 Å². The first kappa shape index (κ1) is 77.3. The zero-order valence-corrected chi connectivity index (χ0v) is 61.1. The van der Waals surface area contributed by atoms with Crippen LogP contribution in [0.25, 0.3) is 0 Å². The molecule has 1 N–H and O–H groups in total. The van der Waals surface area contributed by atoms with Gasteiger partial charge in [-0.05, 0) is 138 Å². The summed E-state index contributed by atoms with van der Waals surface area (Å²) in [4.78, 5) is 149. The van der Waals surface area contributed by atoms with Crippen LogP contribution in [0.2, 0.25) is 0 Å². The topological polar surface area (TPSA) is 248 Å². The Hall–Kier alpha value is -5.42. The van der Waals surface area contributed by atoms with Crippen molar-refractivity contribution >= 4 is 59.4 Å². The molecule has 5 aliphatic heterocycles. The fourth-order valence-corrected chi connectivity index (χ4v) is 19.2.